The second kappa shape index (κ2) is 11.6. The minimum Gasteiger partial charge on any atom is -0.481 e. The Balaban J connectivity index is -0.000000256. The zero-order chi connectivity index (χ0) is 14.9. The molecule has 0 spiro atoms. The van der Waals surface area contributed by atoms with E-state index < -0.39 is 48.8 Å². The SMILES string of the molecule is N[C@@H](CC(=O)O)C(=O)O.N[C@@H](CC(=O)O)C(=O)O.[Mg]. The smallest absolute Gasteiger partial charge is 0.321 e. The predicted molar refractivity (Wildman–Crippen MR) is 61.5 cm³/mol. The van der Waals surface area contributed by atoms with Gasteiger partial charge < -0.3 is 31.9 Å². The van der Waals surface area contributed by atoms with Crippen molar-refractivity contribution in [3.63, 3.8) is 0 Å². The molecule has 106 valence electrons. The minimum absolute atomic E-state index is 0. The van der Waals surface area contributed by atoms with Gasteiger partial charge in [-0.15, -0.1) is 0 Å². The molecule has 0 unspecified atom stereocenters. The van der Waals surface area contributed by atoms with Crippen molar-refractivity contribution in [1.29, 1.82) is 0 Å². The third-order valence-corrected chi connectivity index (χ3v) is 1.42. The molecule has 0 heterocycles. The van der Waals surface area contributed by atoms with Crippen LogP contribution < -0.4 is 11.5 Å². The van der Waals surface area contributed by atoms with Crippen LogP contribution in [0.15, 0.2) is 0 Å². The number of rotatable bonds is 6. The number of hydrogen-bond donors (Lipinski definition) is 6. The summed E-state index contributed by atoms with van der Waals surface area (Å²) in [6.45, 7) is 0. The normalized spacial score (nSPS) is 11.9. The zero-order valence-corrected chi connectivity index (χ0v) is 11.3. The highest BCUT2D eigenvalue weighted by Gasteiger charge is 2.15. The van der Waals surface area contributed by atoms with Gasteiger partial charge in [-0.05, 0) is 0 Å². The summed E-state index contributed by atoms with van der Waals surface area (Å²) in [6, 6.07) is -2.58. The molecule has 0 aliphatic carbocycles. The van der Waals surface area contributed by atoms with Crippen molar-refractivity contribution in [2.45, 2.75) is 24.9 Å². The Morgan fingerprint density at radius 3 is 1.00 bits per heavy atom. The van der Waals surface area contributed by atoms with Gasteiger partial charge in [0.2, 0.25) is 0 Å². The quantitative estimate of drug-likeness (QED) is 0.281. The molecular weight excluding hydrogens is 276 g/mol. The zero-order valence-electron chi connectivity index (χ0n) is 9.85. The first kappa shape index (κ1) is 22.7. The summed E-state index contributed by atoms with van der Waals surface area (Å²) in [5, 5.41) is 32.1. The van der Waals surface area contributed by atoms with E-state index in [0.29, 0.717) is 0 Å². The summed E-state index contributed by atoms with van der Waals surface area (Å²) < 4.78 is 0. The second-order valence-electron chi connectivity index (χ2n) is 3.09. The van der Waals surface area contributed by atoms with Crippen molar-refractivity contribution in [3.8, 4) is 0 Å². The van der Waals surface area contributed by atoms with Crippen molar-refractivity contribution in [2.75, 3.05) is 0 Å². The minimum atomic E-state index is -1.29. The van der Waals surface area contributed by atoms with Crippen molar-refractivity contribution in [3.05, 3.63) is 0 Å². The Labute approximate surface area is 123 Å². The lowest BCUT2D eigenvalue weighted by atomic mass is 10.2. The lowest BCUT2D eigenvalue weighted by Crippen LogP contribution is -2.32. The molecule has 0 saturated heterocycles. The lowest BCUT2D eigenvalue weighted by Gasteiger charge is -1.99. The molecule has 2 atom stereocenters. The molecule has 10 nitrogen and oxygen atoms in total. The summed E-state index contributed by atoms with van der Waals surface area (Å²) in [5.74, 6) is -5.00. The maximum absolute atomic E-state index is 9.85. The number of hydrogen-bond acceptors (Lipinski definition) is 6. The molecule has 0 saturated carbocycles. The van der Waals surface area contributed by atoms with Gasteiger partial charge >= 0.3 is 23.9 Å². The number of carbonyl (C=O) groups is 4. The van der Waals surface area contributed by atoms with Crippen molar-refractivity contribution < 1.29 is 39.6 Å². The van der Waals surface area contributed by atoms with Crippen LogP contribution in [0.25, 0.3) is 0 Å². The molecule has 11 heteroatoms. The monoisotopic (exact) mass is 290 g/mol. The van der Waals surface area contributed by atoms with E-state index in [-0.39, 0.29) is 23.1 Å². The maximum atomic E-state index is 9.85. The Hall–Kier alpha value is -1.43. The van der Waals surface area contributed by atoms with Crippen molar-refractivity contribution in [1.82, 2.24) is 0 Å². The molecule has 0 bridgehead atoms. The fourth-order valence-corrected chi connectivity index (χ4v) is 0.551. The van der Waals surface area contributed by atoms with Crippen LogP contribution in [-0.4, -0.2) is 79.4 Å². The van der Waals surface area contributed by atoms with Crippen LogP contribution in [0.4, 0.5) is 0 Å². The third kappa shape index (κ3) is 16.6. The molecule has 0 aromatic carbocycles. The molecule has 0 aromatic rings. The Morgan fingerprint density at radius 1 is 0.737 bits per heavy atom. The second-order valence-corrected chi connectivity index (χ2v) is 3.09. The fourth-order valence-electron chi connectivity index (χ4n) is 0.551. The topological polar surface area (TPSA) is 201 Å². The van der Waals surface area contributed by atoms with Crippen LogP contribution in [0.2, 0.25) is 0 Å². The van der Waals surface area contributed by atoms with Crippen LogP contribution in [-0.2, 0) is 19.2 Å². The standard InChI is InChI=1S/2C4H7NO4.Mg/c2*5-2(4(8)9)1-3(6)7;/h2*2H,1,5H2,(H,6,7)(H,8,9);/t2*2-;/m00./s1. The molecule has 2 radical (unpaired) electrons. The van der Waals surface area contributed by atoms with Gasteiger partial charge in [-0.3, -0.25) is 19.2 Å². The third-order valence-electron chi connectivity index (χ3n) is 1.42. The predicted octanol–water partition coefficient (Wildman–Crippen LogP) is -2.63. The van der Waals surface area contributed by atoms with Crippen LogP contribution >= 0.6 is 0 Å². The van der Waals surface area contributed by atoms with E-state index in [1.165, 1.54) is 0 Å². The van der Waals surface area contributed by atoms with Crippen LogP contribution in [0, 0.1) is 0 Å². The van der Waals surface area contributed by atoms with Crippen LogP contribution in [0.1, 0.15) is 12.8 Å². The molecule has 0 fully saturated rings. The van der Waals surface area contributed by atoms with E-state index >= 15 is 0 Å². The molecule has 8 N–H and O–H groups in total. The average molecular weight is 291 g/mol. The van der Waals surface area contributed by atoms with Crippen molar-refractivity contribution >= 4 is 46.9 Å². The average Bonchev–Trinajstić information content (AvgIpc) is 2.16. The van der Waals surface area contributed by atoms with Crippen molar-refractivity contribution in [2.24, 2.45) is 11.5 Å². The van der Waals surface area contributed by atoms with Gasteiger partial charge in [-0.25, -0.2) is 0 Å². The van der Waals surface area contributed by atoms with Gasteiger partial charge in [0, 0.05) is 23.1 Å². The molecule has 0 aromatic heterocycles. The molecule has 19 heavy (non-hydrogen) atoms. The summed E-state index contributed by atoms with van der Waals surface area (Å²) in [5.41, 5.74) is 9.67. The first-order valence-electron chi connectivity index (χ1n) is 4.48. The summed E-state index contributed by atoms with van der Waals surface area (Å²) in [4.78, 5) is 39.2. The van der Waals surface area contributed by atoms with Crippen LogP contribution in [0.3, 0.4) is 0 Å². The molecule has 0 rings (SSSR count). The highest BCUT2D eigenvalue weighted by Crippen LogP contribution is 1.86. The number of aliphatic carboxylic acids is 4. The fraction of sp³-hybridized carbons (Fsp3) is 0.500. The van der Waals surface area contributed by atoms with E-state index in [4.69, 9.17) is 31.9 Å². The Bertz CT molecular complexity index is 303. The van der Waals surface area contributed by atoms with E-state index in [9.17, 15) is 19.2 Å². The Kier molecular flexibility index (Phi) is 13.9. The first-order valence-corrected chi connectivity index (χ1v) is 4.48. The van der Waals surface area contributed by atoms with Gasteiger partial charge in [-0.1, -0.05) is 0 Å². The summed E-state index contributed by atoms with van der Waals surface area (Å²) in [7, 11) is 0. The molecule has 0 aliphatic heterocycles. The largest absolute Gasteiger partial charge is 0.481 e. The molecule has 0 aliphatic rings. The lowest BCUT2D eigenvalue weighted by molar-refractivity contribution is -0.144. The number of nitrogens with two attached hydrogens (primary N) is 2. The van der Waals surface area contributed by atoms with E-state index in [1.807, 2.05) is 0 Å². The van der Waals surface area contributed by atoms with Crippen LogP contribution in [0.5, 0.6) is 0 Å². The first-order chi connectivity index (χ1) is 8.07. The van der Waals surface area contributed by atoms with E-state index in [0.717, 1.165) is 0 Å². The maximum Gasteiger partial charge on any atom is 0.321 e. The highest BCUT2D eigenvalue weighted by atomic mass is 24.3. The van der Waals surface area contributed by atoms with E-state index in [2.05, 4.69) is 0 Å². The van der Waals surface area contributed by atoms with Gasteiger partial charge in [0.1, 0.15) is 12.1 Å². The summed E-state index contributed by atoms with van der Waals surface area (Å²) >= 11 is 0. The van der Waals surface area contributed by atoms with Gasteiger partial charge in [0.15, 0.2) is 0 Å². The van der Waals surface area contributed by atoms with E-state index in [1.54, 1.807) is 0 Å². The summed E-state index contributed by atoms with van der Waals surface area (Å²) in [6.07, 6.45) is -1.06. The highest BCUT2D eigenvalue weighted by molar-refractivity contribution is 5.80. The van der Waals surface area contributed by atoms with Gasteiger partial charge in [-0.2, -0.15) is 0 Å². The number of carboxylic acids is 4. The number of carboxylic acid groups (broad SMARTS) is 4. The van der Waals surface area contributed by atoms with Gasteiger partial charge in [0.25, 0.3) is 0 Å². The Morgan fingerprint density at radius 2 is 0.947 bits per heavy atom. The molecule has 0 amide bonds. The van der Waals surface area contributed by atoms with Gasteiger partial charge in [0.05, 0.1) is 12.8 Å². The molecular formula is C8H14MgN2O8.